The lowest BCUT2D eigenvalue weighted by Gasteiger charge is -2.14. The lowest BCUT2D eigenvalue weighted by atomic mass is 10.0. The quantitative estimate of drug-likeness (QED) is 0.925. The number of pyridine rings is 1. The van der Waals surface area contributed by atoms with Crippen LogP contribution in [0.5, 0.6) is 0 Å². The molecule has 2 N–H and O–H groups in total. The van der Waals surface area contributed by atoms with Crippen molar-refractivity contribution >= 4 is 15.9 Å². The Kier molecular flexibility index (Phi) is 3.49. The SMILES string of the molecule is NC(c1cncc(Br)c1)c1c(F)cccc1F. The van der Waals surface area contributed by atoms with Crippen LogP contribution in [0.15, 0.2) is 41.1 Å². The minimum Gasteiger partial charge on any atom is -0.320 e. The fraction of sp³-hybridized carbons (Fsp3) is 0.0833. The van der Waals surface area contributed by atoms with Crippen molar-refractivity contribution < 1.29 is 8.78 Å². The Labute approximate surface area is 106 Å². The molecule has 0 saturated carbocycles. The van der Waals surface area contributed by atoms with Crippen LogP contribution in [0.25, 0.3) is 0 Å². The molecule has 5 heteroatoms. The second-order valence-electron chi connectivity index (χ2n) is 3.55. The van der Waals surface area contributed by atoms with Gasteiger partial charge < -0.3 is 5.73 Å². The molecule has 0 amide bonds. The second-order valence-corrected chi connectivity index (χ2v) is 4.47. The van der Waals surface area contributed by atoms with E-state index in [1.807, 2.05) is 0 Å². The van der Waals surface area contributed by atoms with Crippen LogP contribution in [0.3, 0.4) is 0 Å². The summed E-state index contributed by atoms with van der Waals surface area (Å²) in [7, 11) is 0. The largest absolute Gasteiger partial charge is 0.320 e. The van der Waals surface area contributed by atoms with Crippen molar-refractivity contribution in [2.24, 2.45) is 5.73 Å². The van der Waals surface area contributed by atoms with Crippen molar-refractivity contribution in [1.29, 1.82) is 0 Å². The Hall–Kier alpha value is -1.33. The van der Waals surface area contributed by atoms with E-state index < -0.39 is 17.7 Å². The number of nitrogens with zero attached hydrogens (tertiary/aromatic N) is 1. The molecule has 2 nitrogen and oxygen atoms in total. The van der Waals surface area contributed by atoms with Gasteiger partial charge in [0, 0.05) is 22.4 Å². The van der Waals surface area contributed by atoms with Gasteiger partial charge in [-0.05, 0) is 39.7 Å². The topological polar surface area (TPSA) is 38.9 Å². The van der Waals surface area contributed by atoms with Crippen LogP contribution in [0.4, 0.5) is 8.78 Å². The molecule has 1 unspecified atom stereocenters. The molecule has 0 spiro atoms. The second kappa shape index (κ2) is 4.89. The summed E-state index contributed by atoms with van der Waals surface area (Å²) in [6.07, 6.45) is 3.06. The van der Waals surface area contributed by atoms with E-state index in [1.165, 1.54) is 24.4 Å². The molecule has 0 fully saturated rings. The highest BCUT2D eigenvalue weighted by Gasteiger charge is 2.18. The maximum atomic E-state index is 13.5. The minimum atomic E-state index is -0.874. The molecule has 1 heterocycles. The molecule has 0 saturated heterocycles. The number of nitrogens with two attached hydrogens (primary N) is 1. The molecule has 1 aromatic heterocycles. The monoisotopic (exact) mass is 298 g/mol. The van der Waals surface area contributed by atoms with E-state index in [1.54, 1.807) is 12.3 Å². The zero-order chi connectivity index (χ0) is 12.4. The summed E-state index contributed by atoms with van der Waals surface area (Å²) >= 11 is 3.23. The predicted octanol–water partition coefficient (Wildman–Crippen LogP) is 3.17. The van der Waals surface area contributed by atoms with Gasteiger partial charge in [-0.3, -0.25) is 4.98 Å². The Bertz CT molecular complexity index is 526. The molecule has 17 heavy (non-hydrogen) atoms. The van der Waals surface area contributed by atoms with Crippen molar-refractivity contribution in [2.45, 2.75) is 6.04 Å². The molecular formula is C12H9BrF2N2. The Morgan fingerprint density at radius 3 is 2.41 bits per heavy atom. The molecule has 1 aromatic carbocycles. The smallest absolute Gasteiger partial charge is 0.131 e. The highest BCUT2D eigenvalue weighted by Crippen LogP contribution is 2.25. The maximum absolute atomic E-state index is 13.5. The summed E-state index contributed by atoms with van der Waals surface area (Å²) < 4.78 is 27.8. The normalized spacial score (nSPS) is 12.5. The van der Waals surface area contributed by atoms with E-state index in [0.717, 1.165) is 0 Å². The van der Waals surface area contributed by atoms with Crippen molar-refractivity contribution in [1.82, 2.24) is 4.98 Å². The zero-order valence-electron chi connectivity index (χ0n) is 8.70. The van der Waals surface area contributed by atoms with Gasteiger partial charge >= 0.3 is 0 Å². The third kappa shape index (κ3) is 2.50. The van der Waals surface area contributed by atoms with E-state index in [9.17, 15) is 8.78 Å². The van der Waals surface area contributed by atoms with Crippen LogP contribution in [0.1, 0.15) is 17.2 Å². The molecule has 2 rings (SSSR count). The van der Waals surface area contributed by atoms with Gasteiger partial charge in [0.05, 0.1) is 6.04 Å². The van der Waals surface area contributed by atoms with Gasteiger partial charge in [-0.25, -0.2) is 8.78 Å². The van der Waals surface area contributed by atoms with E-state index in [-0.39, 0.29) is 5.56 Å². The van der Waals surface area contributed by atoms with Crippen LogP contribution in [0, 0.1) is 11.6 Å². The number of rotatable bonds is 2. The van der Waals surface area contributed by atoms with Crippen LogP contribution in [0.2, 0.25) is 0 Å². The molecule has 0 aliphatic heterocycles. The summed E-state index contributed by atoms with van der Waals surface area (Å²) in [6.45, 7) is 0. The summed E-state index contributed by atoms with van der Waals surface area (Å²) in [4.78, 5) is 3.92. The lowest BCUT2D eigenvalue weighted by Crippen LogP contribution is -2.15. The van der Waals surface area contributed by atoms with Crippen LogP contribution >= 0.6 is 15.9 Å². The summed E-state index contributed by atoms with van der Waals surface area (Å²) in [5.41, 5.74) is 6.24. The number of aromatic nitrogens is 1. The predicted molar refractivity (Wildman–Crippen MR) is 64.3 cm³/mol. The van der Waals surface area contributed by atoms with Crippen molar-refractivity contribution in [3.8, 4) is 0 Å². The highest BCUT2D eigenvalue weighted by atomic mass is 79.9. The van der Waals surface area contributed by atoms with Gasteiger partial charge in [0.25, 0.3) is 0 Å². The van der Waals surface area contributed by atoms with Gasteiger partial charge in [0.1, 0.15) is 11.6 Å². The van der Waals surface area contributed by atoms with E-state index in [4.69, 9.17) is 5.73 Å². The summed E-state index contributed by atoms with van der Waals surface area (Å²) in [5.74, 6) is -1.31. The summed E-state index contributed by atoms with van der Waals surface area (Å²) in [6, 6.07) is 4.48. The number of halogens is 3. The van der Waals surface area contributed by atoms with E-state index in [0.29, 0.717) is 10.0 Å². The first-order valence-corrected chi connectivity index (χ1v) is 5.69. The van der Waals surface area contributed by atoms with Gasteiger partial charge in [0.15, 0.2) is 0 Å². The van der Waals surface area contributed by atoms with Gasteiger partial charge in [-0.15, -0.1) is 0 Å². The molecule has 1 atom stereocenters. The average Bonchev–Trinajstić information content (AvgIpc) is 2.28. The van der Waals surface area contributed by atoms with Gasteiger partial charge in [-0.1, -0.05) is 6.07 Å². The molecular weight excluding hydrogens is 290 g/mol. The zero-order valence-corrected chi connectivity index (χ0v) is 10.3. The van der Waals surface area contributed by atoms with Crippen LogP contribution < -0.4 is 5.73 Å². The Morgan fingerprint density at radius 2 is 1.82 bits per heavy atom. The molecule has 0 aliphatic carbocycles. The standard InChI is InChI=1S/C12H9BrF2N2/c13-8-4-7(5-17-6-8)12(16)11-9(14)2-1-3-10(11)15/h1-6,12H,16H2. The summed E-state index contributed by atoms with van der Waals surface area (Å²) in [5, 5.41) is 0. The first kappa shape index (κ1) is 12.1. The third-order valence-electron chi connectivity index (χ3n) is 2.40. The average molecular weight is 299 g/mol. The lowest BCUT2D eigenvalue weighted by molar-refractivity contribution is 0.543. The first-order valence-electron chi connectivity index (χ1n) is 4.89. The third-order valence-corrected chi connectivity index (χ3v) is 2.83. The maximum Gasteiger partial charge on any atom is 0.131 e. The van der Waals surface area contributed by atoms with Gasteiger partial charge in [-0.2, -0.15) is 0 Å². The molecule has 0 aliphatic rings. The van der Waals surface area contributed by atoms with E-state index in [2.05, 4.69) is 20.9 Å². The van der Waals surface area contributed by atoms with Crippen molar-refractivity contribution in [3.63, 3.8) is 0 Å². The van der Waals surface area contributed by atoms with E-state index >= 15 is 0 Å². The molecule has 88 valence electrons. The highest BCUT2D eigenvalue weighted by molar-refractivity contribution is 9.10. The fourth-order valence-electron chi connectivity index (χ4n) is 1.57. The Balaban J connectivity index is 2.47. The molecule has 2 aromatic rings. The fourth-order valence-corrected chi connectivity index (χ4v) is 1.96. The molecule has 0 radical (unpaired) electrons. The van der Waals surface area contributed by atoms with Gasteiger partial charge in [0.2, 0.25) is 0 Å². The number of benzene rings is 1. The van der Waals surface area contributed by atoms with Crippen molar-refractivity contribution in [3.05, 3.63) is 63.9 Å². The first-order chi connectivity index (χ1) is 8.09. The van der Waals surface area contributed by atoms with Crippen LogP contribution in [-0.2, 0) is 0 Å². The number of hydrogen-bond donors (Lipinski definition) is 1. The van der Waals surface area contributed by atoms with Crippen LogP contribution in [-0.4, -0.2) is 4.98 Å². The minimum absolute atomic E-state index is 0.146. The number of hydrogen-bond acceptors (Lipinski definition) is 2. The Morgan fingerprint density at radius 1 is 1.18 bits per heavy atom. The van der Waals surface area contributed by atoms with Crippen molar-refractivity contribution in [2.75, 3.05) is 0 Å². The molecule has 0 bridgehead atoms.